The lowest BCUT2D eigenvalue weighted by atomic mass is 9.91. The van der Waals surface area contributed by atoms with Gasteiger partial charge >= 0.3 is 6.03 Å². The second kappa shape index (κ2) is 10.2. The molecule has 35 heavy (non-hydrogen) atoms. The predicted molar refractivity (Wildman–Crippen MR) is 130 cm³/mol. The molecule has 184 valence electrons. The zero-order valence-corrected chi connectivity index (χ0v) is 20.8. The number of nitrogens with one attached hydrogen (secondary N) is 2. The van der Waals surface area contributed by atoms with Gasteiger partial charge in [0, 0.05) is 10.2 Å². The molecule has 1 heterocycles. The van der Waals surface area contributed by atoms with Crippen molar-refractivity contribution < 1.29 is 23.1 Å². The second-order valence-corrected chi connectivity index (χ2v) is 9.21. The summed E-state index contributed by atoms with van der Waals surface area (Å²) >= 11 is 3.48. The Balaban J connectivity index is 1.61. The summed E-state index contributed by atoms with van der Waals surface area (Å²) < 4.78 is 34.9. The van der Waals surface area contributed by atoms with Crippen LogP contribution in [-0.4, -0.2) is 23.2 Å². The molecule has 4 N–H and O–H groups in total. The Hall–Kier alpha value is -3.24. The maximum absolute atomic E-state index is 14.0. The Morgan fingerprint density at radius 2 is 1.74 bits per heavy atom. The second-order valence-electron chi connectivity index (χ2n) is 8.42. The van der Waals surface area contributed by atoms with Crippen molar-refractivity contribution in [3.8, 4) is 5.75 Å². The van der Waals surface area contributed by atoms with Crippen LogP contribution in [0.1, 0.15) is 48.2 Å². The molecule has 4 rings (SSSR count). The Morgan fingerprint density at radius 3 is 2.46 bits per heavy atom. The lowest BCUT2D eigenvalue weighted by molar-refractivity contribution is 0.0710. The molecule has 0 aromatic heterocycles. The number of carbonyl (C=O) groups excluding carboxylic acids is 2. The van der Waals surface area contributed by atoms with Crippen molar-refractivity contribution in [2.45, 2.75) is 45.8 Å². The number of allylic oxidation sites excluding steroid dienone is 3. The minimum Gasteiger partial charge on any atom is -0.463 e. The SMILES string of the molecule is CC1=C(NC(=O)NC(=O)c2c(F)cccc2F)C(Oc2cccc3c2CCCC3)N(N)C(C)=C1Br. The fourth-order valence-corrected chi connectivity index (χ4v) is 4.70. The van der Waals surface area contributed by atoms with E-state index in [1.807, 2.05) is 17.4 Å². The molecule has 7 nitrogen and oxygen atoms in total. The summed E-state index contributed by atoms with van der Waals surface area (Å²) in [6.45, 7) is 3.55. The first-order valence-corrected chi connectivity index (χ1v) is 11.9. The van der Waals surface area contributed by atoms with Gasteiger partial charge in [-0.25, -0.2) is 19.4 Å². The quantitative estimate of drug-likeness (QED) is 0.479. The molecule has 0 saturated heterocycles. The van der Waals surface area contributed by atoms with E-state index in [0.29, 0.717) is 21.5 Å². The third kappa shape index (κ3) is 4.94. The molecular weight excluding hydrogens is 522 g/mol. The standard InChI is InChI=1S/C25H25BrF2N4O3/c1-13-21(26)14(2)32(29)24(35-19-12-5-8-15-7-3-4-9-16(15)19)22(13)30-25(34)31-23(33)20-17(27)10-6-11-18(20)28/h5-6,8,10-12,24H,3-4,7,9,29H2,1-2H3,(H2,30,31,33,34). The van der Waals surface area contributed by atoms with E-state index in [-0.39, 0.29) is 5.70 Å². The van der Waals surface area contributed by atoms with Gasteiger partial charge in [-0.1, -0.05) is 18.2 Å². The highest BCUT2D eigenvalue weighted by Crippen LogP contribution is 2.36. The van der Waals surface area contributed by atoms with Gasteiger partial charge in [-0.2, -0.15) is 0 Å². The Labute approximate surface area is 210 Å². The third-order valence-electron chi connectivity index (χ3n) is 6.19. The summed E-state index contributed by atoms with van der Waals surface area (Å²) in [7, 11) is 0. The maximum Gasteiger partial charge on any atom is 0.326 e. The van der Waals surface area contributed by atoms with Crippen LogP contribution in [0.4, 0.5) is 13.6 Å². The van der Waals surface area contributed by atoms with Crippen molar-refractivity contribution in [3.05, 3.63) is 86.2 Å². The van der Waals surface area contributed by atoms with Crippen molar-refractivity contribution in [1.29, 1.82) is 0 Å². The van der Waals surface area contributed by atoms with Crippen molar-refractivity contribution in [3.63, 3.8) is 0 Å². The number of halogens is 3. The number of fused-ring (bicyclic) bond motifs is 1. The highest BCUT2D eigenvalue weighted by molar-refractivity contribution is 9.12. The largest absolute Gasteiger partial charge is 0.463 e. The van der Waals surface area contributed by atoms with Gasteiger partial charge in [0.15, 0.2) is 0 Å². The number of ether oxygens (including phenoxy) is 1. The number of hydrogen-bond donors (Lipinski definition) is 3. The van der Waals surface area contributed by atoms with E-state index in [1.54, 1.807) is 13.8 Å². The number of rotatable bonds is 4. The number of benzene rings is 2. The normalized spacial score (nSPS) is 17.8. The molecule has 1 aliphatic heterocycles. The summed E-state index contributed by atoms with van der Waals surface area (Å²) in [6.07, 6.45) is 3.07. The Bertz CT molecular complexity index is 1240. The van der Waals surface area contributed by atoms with Crippen LogP contribution in [-0.2, 0) is 12.8 Å². The minimum atomic E-state index is -1.21. The summed E-state index contributed by atoms with van der Waals surface area (Å²) in [4.78, 5) is 25.1. The molecule has 0 fully saturated rings. The molecule has 1 aliphatic carbocycles. The van der Waals surface area contributed by atoms with E-state index in [9.17, 15) is 18.4 Å². The van der Waals surface area contributed by atoms with Crippen LogP contribution in [0.2, 0.25) is 0 Å². The number of nitrogens with two attached hydrogens (primary N) is 1. The summed E-state index contributed by atoms with van der Waals surface area (Å²) in [5.74, 6) is 3.64. The summed E-state index contributed by atoms with van der Waals surface area (Å²) in [6, 6.07) is 7.87. The highest BCUT2D eigenvalue weighted by atomic mass is 79.9. The predicted octanol–water partition coefficient (Wildman–Crippen LogP) is 4.78. The molecule has 0 spiro atoms. The van der Waals surface area contributed by atoms with Gasteiger partial charge in [0.25, 0.3) is 5.91 Å². The molecule has 2 aliphatic rings. The van der Waals surface area contributed by atoms with E-state index in [4.69, 9.17) is 10.6 Å². The van der Waals surface area contributed by atoms with E-state index in [0.717, 1.165) is 49.4 Å². The van der Waals surface area contributed by atoms with Crippen molar-refractivity contribution in [2.24, 2.45) is 5.84 Å². The van der Waals surface area contributed by atoms with Gasteiger partial charge in [-0.05, 0) is 90.4 Å². The number of aryl methyl sites for hydroxylation is 1. The number of amides is 3. The van der Waals surface area contributed by atoms with Gasteiger partial charge < -0.3 is 10.1 Å². The van der Waals surface area contributed by atoms with Crippen LogP contribution in [0.3, 0.4) is 0 Å². The molecule has 0 saturated carbocycles. The first kappa shape index (κ1) is 24.9. The van der Waals surface area contributed by atoms with Crippen molar-refractivity contribution in [1.82, 2.24) is 15.6 Å². The number of nitrogens with zero attached hydrogens (tertiary/aromatic N) is 1. The summed E-state index contributed by atoms with van der Waals surface area (Å²) in [5.41, 5.74) is 3.04. The van der Waals surface area contributed by atoms with E-state index >= 15 is 0 Å². The first-order valence-electron chi connectivity index (χ1n) is 11.1. The van der Waals surface area contributed by atoms with E-state index < -0.39 is 35.4 Å². The van der Waals surface area contributed by atoms with Crippen LogP contribution in [0, 0.1) is 11.6 Å². The van der Waals surface area contributed by atoms with E-state index in [2.05, 4.69) is 27.3 Å². The van der Waals surface area contributed by atoms with Crippen LogP contribution in [0.15, 0.2) is 57.8 Å². The molecule has 1 atom stereocenters. The molecule has 0 radical (unpaired) electrons. The molecule has 2 aromatic rings. The lowest BCUT2D eigenvalue weighted by Gasteiger charge is -2.37. The average Bonchev–Trinajstić information content (AvgIpc) is 2.83. The molecule has 10 heteroatoms. The fraction of sp³-hybridized carbons (Fsp3) is 0.280. The highest BCUT2D eigenvalue weighted by Gasteiger charge is 2.34. The Kier molecular flexibility index (Phi) is 7.23. The molecule has 0 bridgehead atoms. The number of imide groups is 1. The monoisotopic (exact) mass is 546 g/mol. The molecule has 2 aromatic carbocycles. The van der Waals surface area contributed by atoms with Gasteiger partial charge in [-0.3, -0.25) is 15.1 Å². The fourth-order valence-electron chi connectivity index (χ4n) is 4.29. The van der Waals surface area contributed by atoms with Crippen LogP contribution in [0.25, 0.3) is 0 Å². The van der Waals surface area contributed by atoms with Gasteiger partial charge in [-0.15, -0.1) is 0 Å². The zero-order chi connectivity index (χ0) is 25.3. The maximum atomic E-state index is 14.0. The van der Waals surface area contributed by atoms with Gasteiger partial charge in [0.05, 0.1) is 5.70 Å². The minimum absolute atomic E-state index is 0.276. The van der Waals surface area contributed by atoms with Gasteiger partial charge in [0.2, 0.25) is 6.23 Å². The summed E-state index contributed by atoms with van der Waals surface area (Å²) in [5, 5.41) is 5.93. The topological polar surface area (TPSA) is 96.7 Å². The van der Waals surface area contributed by atoms with Crippen molar-refractivity contribution >= 4 is 27.9 Å². The van der Waals surface area contributed by atoms with Crippen LogP contribution >= 0.6 is 15.9 Å². The van der Waals surface area contributed by atoms with Crippen molar-refractivity contribution in [2.75, 3.05) is 0 Å². The van der Waals surface area contributed by atoms with Gasteiger partial charge in [0.1, 0.15) is 22.9 Å². The van der Waals surface area contributed by atoms with E-state index in [1.165, 1.54) is 10.6 Å². The smallest absolute Gasteiger partial charge is 0.326 e. The number of hydrogen-bond acceptors (Lipinski definition) is 5. The number of carbonyl (C=O) groups is 2. The molecule has 3 amide bonds. The van der Waals surface area contributed by atoms with Crippen LogP contribution in [0.5, 0.6) is 5.75 Å². The number of urea groups is 1. The molecule has 1 unspecified atom stereocenters. The number of hydrazine groups is 1. The Morgan fingerprint density at radius 1 is 1.09 bits per heavy atom. The molecular formula is C25H25BrF2N4O3. The lowest BCUT2D eigenvalue weighted by Crippen LogP contribution is -2.53. The first-order chi connectivity index (χ1) is 16.7. The van der Waals surface area contributed by atoms with Crippen LogP contribution < -0.4 is 21.2 Å². The third-order valence-corrected chi connectivity index (χ3v) is 7.36. The zero-order valence-electron chi connectivity index (χ0n) is 19.3. The average molecular weight is 547 g/mol.